The van der Waals surface area contributed by atoms with E-state index in [0.717, 1.165) is 93.9 Å². The van der Waals surface area contributed by atoms with E-state index in [-0.39, 0.29) is 30.1 Å². The number of aryl methyl sites for hydroxylation is 1. The minimum absolute atomic E-state index is 0.126. The Morgan fingerprint density at radius 3 is 2.31 bits per heavy atom. The molecule has 2 N–H and O–H groups in total. The molecule has 5 heterocycles. The lowest BCUT2D eigenvalue weighted by Crippen LogP contribution is -2.52. The van der Waals surface area contributed by atoms with Crippen LogP contribution in [0.1, 0.15) is 84.5 Å². The molecule has 0 saturated carbocycles. The number of aromatic nitrogens is 2. The number of fused-ring (bicyclic) bond motifs is 4. The largest absolute Gasteiger partial charge is 0.372 e. The van der Waals surface area contributed by atoms with E-state index in [4.69, 9.17) is 0 Å². The molecule has 4 aromatic rings. The quantitative estimate of drug-likeness (QED) is 0.223. The van der Waals surface area contributed by atoms with Gasteiger partial charge >= 0.3 is 0 Å². The molecule has 3 amide bonds. The molecule has 10 nitrogen and oxygen atoms in total. The molecule has 11 heteroatoms. The smallest absolute Gasteiger partial charge is 0.255 e. The van der Waals surface area contributed by atoms with Gasteiger partial charge in [-0.1, -0.05) is 30.7 Å². The van der Waals surface area contributed by atoms with Gasteiger partial charge in [-0.05, 0) is 115 Å². The van der Waals surface area contributed by atoms with Gasteiger partial charge in [0.1, 0.15) is 6.04 Å². The lowest BCUT2D eigenvalue weighted by Gasteiger charge is -2.40. The van der Waals surface area contributed by atoms with Crippen molar-refractivity contribution in [3.8, 4) is 0 Å². The number of allylic oxidation sites excluding steroid dienone is 1. The predicted octanol–water partition coefficient (Wildman–Crippen LogP) is 6.05. The highest BCUT2D eigenvalue weighted by Crippen LogP contribution is 2.40. The van der Waals surface area contributed by atoms with E-state index in [0.29, 0.717) is 35.3 Å². The van der Waals surface area contributed by atoms with Gasteiger partial charge in [-0.15, -0.1) is 0 Å². The molecular weight excluding hydrogens is 682 g/mol. The highest BCUT2D eigenvalue weighted by Gasteiger charge is 2.39. The van der Waals surface area contributed by atoms with Gasteiger partial charge in [0.2, 0.25) is 17.8 Å². The number of amides is 3. The molecule has 1 aliphatic carbocycles. The summed E-state index contributed by atoms with van der Waals surface area (Å²) in [7, 11) is 0. The number of nitrogens with one attached hydrogen (secondary N) is 2. The number of anilines is 2. The monoisotopic (exact) mass is 729 g/mol. The summed E-state index contributed by atoms with van der Waals surface area (Å²) < 4.78 is 14.8. The van der Waals surface area contributed by atoms with Crippen molar-refractivity contribution in [2.75, 3.05) is 55.6 Å². The number of imide groups is 1. The molecule has 4 aliphatic heterocycles. The highest BCUT2D eigenvalue weighted by atomic mass is 19.1. The van der Waals surface area contributed by atoms with Gasteiger partial charge in [0.05, 0.1) is 10.9 Å². The van der Waals surface area contributed by atoms with Crippen molar-refractivity contribution in [2.24, 2.45) is 5.92 Å². The Labute approximate surface area is 315 Å². The molecule has 0 spiro atoms. The van der Waals surface area contributed by atoms with E-state index in [1.54, 1.807) is 4.90 Å². The second kappa shape index (κ2) is 14.3. The van der Waals surface area contributed by atoms with Crippen molar-refractivity contribution in [1.29, 1.82) is 0 Å². The zero-order chi connectivity index (χ0) is 36.9. The number of hydrogen-bond donors (Lipinski definition) is 2. The topological polar surface area (TPSA) is 105 Å². The first-order chi connectivity index (χ1) is 26.3. The van der Waals surface area contributed by atoms with Crippen molar-refractivity contribution in [3.05, 3.63) is 93.9 Å². The fourth-order valence-electron chi connectivity index (χ4n) is 9.66. The minimum Gasteiger partial charge on any atom is -0.372 e. The number of benzene rings is 3. The Bertz CT molecular complexity index is 2140. The molecule has 3 saturated heterocycles. The summed E-state index contributed by atoms with van der Waals surface area (Å²) in [6.07, 6.45) is 6.86. The van der Waals surface area contributed by atoms with Crippen LogP contribution in [0.25, 0.3) is 16.5 Å². The van der Waals surface area contributed by atoms with Crippen LogP contribution in [0.2, 0.25) is 0 Å². The average molecular weight is 730 g/mol. The first kappa shape index (κ1) is 34.7. The molecule has 0 radical (unpaired) electrons. The Morgan fingerprint density at radius 2 is 1.56 bits per heavy atom. The van der Waals surface area contributed by atoms with E-state index in [1.807, 2.05) is 18.2 Å². The van der Waals surface area contributed by atoms with Gasteiger partial charge in [-0.3, -0.25) is 29.7 Å². The molecule has 1 aromatic heterocycles. The molecule has 0 unspecified atom stereocenters. The van der Waals surface area contributed by atoms with E-state index < -0.39 is 6.04 Å². The number of hydrogen-bond acceptors (Lipinski definition) is 7. The molecule has 0 bridgehead atoms. The van der Waals surface area contributed by atoms with Crippen LogP contribution in [0.5, 0.6) is 0 Å². The molecule has 5 aliphatic rings. The Kier molecular flexibility index (Phi) is 9.21. The van der Waals surface area contributed by atoms with Gasteiger partial charge in [-0.25, -0.2) is 0 Å². The number of rotatable bonds is 7. The summed E-state index contributed by atoms with van der Waals surface area (Å²) in [5.74, 6) is -0.427. The molecule has 3 aromatic carbocycles. The van der Waals surface area contributed by atoms with Gasteiger partial charge in [0.15, 0.2) is 0 Å². The number of halogens is 1. The van der Waals surface area contributed by atoms with Gasteiger partial charge in [0.25, 0.3) is 5.91 Å². The standard InChI is InChI=1S/C43H48FN7O3/c1-2-28-4-3-5-34-35(12-13-36-40(34)41(44)47-46-36)39(28)29-6-8-31(9-7-29)49-18-16-27(17-19-49)25-48-20-22-50(23-21-48)32-10-11-33-30(24-32)26-51(43(33)54)37-14-15-38(52)45-42(37)53/h6-13,24,27,37H,2-5,14-23,25-26H2,1H3,(H,46,47)(H,45,52,53)/t37-/m0/s1. The highest BCUT2D eigenvalue weighted by molar-refractivity contribution is 6.05. The maximum Gasteiger partial charge on any atom is 0.255 e. The van der Waals surface area contributed by atoms with Crippen LogP contribution in [0, 0.1) is 11.9 Å². The molecule has 9 rings (SSSR count). The fourth-order valence-corrected chi connectivity index (χ4v) is 9.66. The zero-order valence-corrected chi connectivity index (χ0v) is 31.0. The normalized spacial score (nSPS) is 21.5. The van der Waals surface area contributed by atoms with E-state index >= 15 is 0 Å². The van der Waals surface area contributed by atoms with Crippen LogP contribution in [0.4, 0.5) is 15.8 Å². The third kappa shape index (κ3) is 6.36. The summed E-state index contributed by atoms with van der Waals surface area (Å²) in [6.45, 7) is 9.77. The number of carbonyl (C=O) groups excluding carboxylic acids is 3. The van der Waals surface area contributed by atoms with Crippen LogP contribution in [0.15, 0.2) is 60.2 Å². The number of piperazine rings is 1. The predicted molar refractivity (Wildman–Crippen MR) is 208 cm³/mol. The Morgan fingerprint density at radius 1 is 0.815 bits per heavy atom. The van der Waals surface area contributed by atoms with Crippen molar-refractivity contribution >= 4 is 45.6 Å². The van der Waals surface area contributed by atoms with Crippen LogP contribution >= 0.6 is 0 Å². The lowest BCUT2D eigenvalue weighted by molar-refractivity contribution is -0.136. The lowest BCUT2D eigenvalue weighted by atomic mass is 9.88. The molecule has 1 atom stereocenters. The number of aromatic amines is 1. The number of piperidine rings is 2. The van der Waals surface area contributed by atoms with Crippen LogP contribution in [-0.2, 0) is 22.6 Å². The SMILES string of the molecule is CCC1=C(c2ccc(N3CCC(CN4CCN(c5ccc6c(c5)CN([C@H]5CCC(=O)NC5=O)C6=O)CC4)CC3)cc2)c2ccc3n[nH]c(F)c3c2CCC1. The van der Waals surface area contributed by atoms with Crippen molar-refractivity contribution in [3.63, 3.8) is 0 Å². The Balaban J connectivity index is 0.788. The first-order valence-corrected chi connectivity index (χ1v) is 19.8. The Hall–Kier alpha value is -5.03. The molecule has 3 fully saturated rings. The van der Waals surface area contributed by atoms with E-state index in [2.05, 4.69) is 73.5 Å². The van der Waals surface area contributed by atoms with Crippen LogP contribution < -0.4 is 15.1 Å². The van der Waals surface area contributed by atoms with Gasteiger partial charge in [0, 0.05) is 75.7 Å². The third-order valence-corrected chi connectivity index (χ3v) is 12.6. The summed E-state index contributed by atoms with van der Waals surface area (Å²) >= 11 is 0. The van der Waals surface area contributed by atoms with Crippen LogP contribution in [-0.4, -0.2) is 89.6 Å². The van der Waals surface area contributed by atoms with Gasteiger partial charge < -0.3 is 14.7 Å². The molecular formula is C43H48FN7O3. The number of H-pyrrole nitrogens is 1. The third-order valence-electron chi connectivity index (χ3n) is 12.6. The van der Waals surface area contributed by atoms with Crippen LogP contribution in [0.3, 0.4) is 0 Å². The summed E-state index contributed by atoms with van der Waals surface area (Å²) in [6, 6.07) is 18.6. The first-order valence-electron chi connectivity index (χ1n) is 19.8. The molecule has 54 heavy (non-hydrogen) atoms. The van der Waals surface area contributed by atoms with Crippen molar-refractivity contribution < 1.29 is 18.8 Å². The summed E-state index contributed by atoms with van der Waals surface area (Å²) in [5, 5.41) is 9.77. The maximum atomic E-state index is 14.8. The maximum absolute atomic E-state index is 14.8. The second-order valence-electron chi connectivity index (χ2n) is 15.7. The van der Waals surface area contributed by atoms with Gasteiger partial charge in [-0.2, -0.15) is 9.49 Å². The summed E-state index contributed by atoms with van der Waals surface area (Å²) in [4.78, 5) is 46.4. The minimum atomic E-state index is -0.590. The van der Waals surface area contributed by atoms with Crippen molar-refractivity contribution in [2.45, 2.75) is 70.9 Å². The van der Waals surface area contributed by atoms with E-state index in [1.165, 1.54) is 35.2 Å². The zero-order valence-electron chi connectivity index (χ0n) is 31.0. The van der Waals surface area contributed by atoms with E-state index in [9.17, 15) is 18.8 Å². The summed E-state index contributed by atoms with van der Waals surface area (Å²) in [5.41, 5.74) is 10.8. The number of carbonyl (C=O) groups is 3. The fraction of sp³-hybridized carbons (Fsp3) is 0.442. The number of nitrogens with zero attached hydrogens (tertiary/aromatic N) is 5. The average Bonchev–Trinajstić information content (AvgIpc) is 3.66. The van der Waals surface area contributed by atoms with Crippen molar-refractivity contribution in [1.82, 2.24) is 25.3 Å². The molecule has 280 valence electrons. The second-order valence-corrected chi connectivity index (χ2v) is 15.7.